The fourth-order valence-corrected chi connectivity index (χ4v) is 9.76. The number of halogens is 2. The van der Waals surface area contributed by atoms with Gasteiger partial charge in [0.15, 0.2) is 15.1 Å². The smallest absolute Gasteiger partial charge is 0.323 e. The standard InChI is InChI=1S/C37H55B2I2N3O12P2/c1-19(10-32(46)52-6)42-20(2)27-12-25(57(38)40)14-29(35(27)49)22(4)44(31(37(51)55-9)16-34(48)54-8)23(5)30-15-26(58(39)41)13-28(36(30)50)21(3)43-24(17-56-18-45)11-33(47)53-7/h12-15,18-24,31,42-43,49-50H,10-11,16-17,38-39H2,1-9H3. The lowest BCUT2D eigenvalue weighted by atomic mass is 9.92. The van der Waals surface area contributed by atoms with Gasteiger partial charge in [-0.1, -0.05) is 55.0 Å². The second kappa shape index (κ2) is 24.8. The summed E-state index contributed by atoms with van der Waals surface area (Å²) in [5, 5.41) is 32.8. The number of aromatic hydroxyl groups is 2. The van der Waals surface area contributed by atoms with E-state index in [1.54, 1.807) is 18.7 Å². The van der Waals surface area contributed by atoms with E-state index in [1.165, 1.54) is 28.4 Å². The average Bonchev–Trinajstić information content (AvgIpc) is 3.18. The van der Waals surface area contributed by atoms with Crippen LogP contribution >= 0.6 is 55.0 Å². The molecule has 9 atom stereocenters. The molecule has 0 saturated carbocycles. The van der Waals surface area contributed by atoms with E-state index in [-0.39, 0.29) is 49.4 Å². The third kappa shape index (κ3) is 14.4. The molecule has 2 aromatic carbocycles. The summed E-state index contributed by atoms with van der Waals surface area (Å²) in [6, 6.07) is 2.83. The Hall–Kier alpha value is -2.28. The molecule has 2 aromatic rings. The zero-order valence-corrected chi connectivity index (χ0v) is 40.9. The Labute approximate surface area is 371 Å². The van der Waals surface area contributed by atoms with Gasteiger partial charge in [-0.3, -0.25) is 28.9 Å². The first-order chi connectivity index (χ1) is 27.3. The minimum absolute atomic E-state index is 0.0383. The van der Waals surface area contributed by atoms with Gasteiger partial charge >= 0.3 is 23.9 Å². The van der Waals surface area contributed by atoms with E-state index in [1.807, 2.05) is 52.6 Å². The Balaban J connectivity index is 2.92. The highest BCUT2D eigenvalue weighted by molar-refractivity contribution is 14.2. The maximum absolute atomic E-state index is 13.8. The molecule has 9 unspecified atom stereocenters. The number of carbonyl (C=O) groups excluding carboxylic acids is 5. The highest BCUT2D eigenvalue weighted by Crippen LogP contribution is 2.47. The first-order valence-electron chi connectivity index (χ1n) is 18.4. The number of phenols is 2. The molecule has 0 aliphatic heterocycles. The van der Waals surface area contributed by atoms with Crippen molar-refractivity contribution in [2.75, 3.05) is 35.0 Å². The van der Waals surface area contributed by atoms with Crippen LogP contribution in [0, 0.1) is 0 Å². The lowest BCUT2D eigenvalue weighted by Crippen LogP contribution is -2.46. The Morgan fingerprint density at radius 3 is 1.53 bits per heavy atom. The molecular formula is C37H55B2I2N3O12P2. The molecule has 0 aliphatic carbocycles. The number of hydrogen-bond donors (Lipinski definition) is 4. The van der Waals surface area contributed by atoms with Gasteiger partial charge in [-0.25, -0.2) is 0 Å². The first-order valence-corrected chi connectivity index (χ1v) is 27.6. The van der Waals surface area contributed by atoms with Crippen LogP contribution < -0.4 is 21.2 Å². The molecule has 0 aliphatic rings. The van der Waals surface area contributed by atoms with Crippen LogP contribution in [-0.4, -0.2) is 114 Å². The number of nitrogens with one attached hydrogen (secondary N) is 2. The van der Waals surface area contributed by atoms with Crippen molar-refractivity contribution in [2.45, 2.75) is 96.2 Å². The van der Waals surface area contributed by atoms with Gasteiger partial charge in [0.25, 0.3) is 6.47 Å². The van der Waals surface area contributed by atoms with Crippen LogP contribution in [0.5, 0.6) is 11.5 Å². The molecular weight excluding hydrogens is 1020 g/mol. The van der Waals surface area contributed by atoms with E-state index < -0.39 is 71.5 Å². The van der Waals surface area contributed by atoms with Gasteiger partial charge in [-0.2, -0.15) is 0 Å². The topological polar surface area (TPSA) is 199 Å². The van der Waals surface area contributed by atoms with Crippen molar-refractivity contribution >= 4 is 111 Å². The fraction of sp³-hybridized carbons (Fsp3) is 0.541. The molecule has 0 fully saturated rings. The Bertz CT molecular complexity index is 1750. The van der Waals surface area contributed by atoms with E-state index in [0.29, 0.717) is 22.3 Å². The van der Waals surface area contributed by atoms with Crippen LogP contribution in [0.1, 0.15) is 100 Å². The van der Waals surface area contributed by atoms with Crippen molar-refractivity contribution in [1.82, 2.24) is 15.5 Å². The number of methoxy groups -OCH3 is 4. The summed E-state index contributed by atoms with van der Waals surface area (Å²) in [5.74, 6) is -2.43. The number of carbonyl (C=O) groups is 5. The van der Waals surface area contributed by atoms with E-state index >= 15 is 0 Å². The van der Waals surface area contributed by atoms with Crippen molar-refractivity contribution in [3.63, 3.8) is 0 Å². The second-order valence-corrected chi connectivity index (χ2v) is 25.5. The Morgan fingerprint density at radius 1 is 0.707 bits per heavy atom. The van der Waals surface area contributed by atoms with Gasteiger partial charge in [0.1, 0.15) is 24.1 Å². The monoisotopic (exact) mass is 1070 g/mol. The van der Waals surface area contributed by atoms with Gasteiger partial charge in [-0.15, -0.1) is 0 Å². The maximum atomic E-state index is 13.8. The lowest BCUT2D eigenvalue weighted by molar-refractivity contribution is -0.155. The van der Waals surface area contributed by atoms with Crippen molar-refractivity contribution in [3.8, 4) is 11.5 Å². The summed E-state index contributed by atoms with van der Waals surface area (Å²) in [6.45, 7) is 9.32. The van der Waals surface area contributed by atoms with Crippen LogP contribution in [0.3, 0.4) is 0 Å². The molecule has 21 heteroatoms. The predicted molar refractivity (Wildman–Crippen MR) is 247 cm³/mol. The van der Waals surface area contributed by atoms with Crippen molar-refractivity contribution in [3.05, 3.63) is 46.5 Å². The van der Waals surface area contributed by atoms with E-state index in [2.05, 4.69) is 62.3 Å². The maximum Gasteiger partial charge on any atom is 0.323 e. The SMILES string of the molecule is BP(I)c1cc(C(C)NC(C)CC(=O)OC)c(O)c(C(C)N(C(CC(=O)OC)C(=O)OC)C(C)c2cc(P(B)I)cc(C(C)NC(COC=O)CC(=O)OC)c2O)c1. The number of phenolic OH excluding ortho intramolecular Hbond substituents is 2. The van der Waals surface area contributed by atoms with E-state index in [0.717, 1.165) is 10.6 Å². The number of ether oxygens (including phenoxy) is 5. The summed E-state index contributed by atoms with van der Waals surface area (Å²) in [7, 11) is 9.15. The van der Waals surface area contributed by atoms with Crippen LogP contribution in [0.15, 0.2) is 24.3 Å². The van der Waals surface area contributed by atoms with Crippen LogP contribution in [0.4, 0.5) is 0 Å². The summed E-state index contributed by atoms with van der Waals surface area (Å²) >= 11 is 4.68. The molecule has 0 aromatic heterocycles. The molecule has 0 bridgehead atoms. The molecule has 320 valence electrons. The summed E-state index contributed by atoms with van der Waals surface area (Å²) in [4.78, 5) is 63.8. The average molecular weight is 1070 g/mol. The van der Waals surface area contributed by atoms with E-state index in [4.69, 9.17) is 23.7 Å². The quantitative estimate of drug-likeness (QED) is 0.0314. The third-order valence-electron chi connectivity index (χ3n) is 9.89. The molecule has 15 nitrogen and oxygen atoms in total. The fourth-order valence-electron chi connectivity index (χ4n) is 6.82. The molecule has 0 amide bonds. The van der Waals surface area contributed by atoms with Crippen molar-refractivity contribution in [2.24, 2.45) is 0 Å². The lowest BCUT2D eigenvalue weighted by Gasteiger charge is -2.40. The summed E-state index contributed by atoms with van der Waals surface area (Å²) in [6.07, 6.45) is -0.388. The molecule has 0 spiro atoms. The normalized spacial score (nSPS) is 16.1. The highest BCUT2D eigenvalue weighted by atomic mass is 127. The van der Waals surface area contributed by atoms with Gasteiger partial charge in [-0.05, 0) is 69.5 Å². The molecule has 58 heavy (non-hydrogen) atoms. The number of benzene rings is 2. The van der Waals surface area contributed by atoms with Crippen LogP contribution in [0.2, 0.25) is 0 Å². The molecule has 0 saturated heterocycles. The predicted octanol–water partition coefficient (Wildman–Crippen LogP) is 3.69. The summed E-state index contributed by atoms with van der Waals surface area (Å²) < 4.78 is 25.0. The highest BCUT2D eigenvalue weighted by Gasteiger charge is 2.40. The third-order valence-corrected chi connectivity index (χ3v) is 15.2. The van der Waals surface area contributed by atoms with Crippen molar-refractivity contribution in [1.29, 1.82) is 0 Å². The molecule has 0 radical (unpaired) electrons. The van der Waals surface area contributed by atoms with Crippen LogP contribution in [-0.2, 0) is 47.7 Å². The molecule has 2 rings (SSSR count). The van der Waals surface area contributed by atoms with Gasteiger partial charge < -0.3 is 44.5 Å². The van der Waals surface area contributed by atoms with E-state index in [9.17, 15) is 34.2 Å². The largest absolute Gasteiger partial charge is 0.507 e. The van der Waals surface area contributed by atoms with Gasteiger partial charge in [0, 0.05) is 52.5 Å². The minimum atomic E-state index is -1.23. The Kier molecular flexibility index (Phi) is 22.2. The van der Waals surface area contributed by atoms with Gasteiger partial charge in [0.05, 0.1) is 53.7 Å². The number of nitrogens with zero attached hydrogens (tertiary/aromatic N) is 1. The molecule has 4 N–H and O–H groups in total. The Morgan fingerprint density at radius 2 is 1.12 bits per heavy atom. The summed E-state index contributed by atoms with van der Waals surface area (Å²) in [5.41, 5.74) is 0.450. The number of esters is 4. The van der Waals surface area contributed by atoms with Crippen LogP contribution in [0.25, 0.3) is 0 Å². The minimum Gasteiger partial charge on any atom is -0.507 e. The van der Waals surface area contributed by atoms with Crippen molar-refractivity contribution < 1.29 is 57.9 Å². The second-order valence-electron chi connectivity index (χ2n) is 13.9. The zero-order valence-electron chi connectivity index (χ0n) is 34.8. The first kappa shape index (κ1) is 51.9. The zero-order chi connectivity index (χ0) is 44.0. The van der Waals surface area contributed by atoms with Gasteiger partial charge in [0.2, 0.25) is 0 Å². The number of rotatable bonds is 23. The molecule has 0 heterocycles. The number of hydrogen-bond acceptors (Lipinski definition) is 15.